The summed E-state index contributed by atoms with van der Waals surface area (Å²) in [6, 6.07) is 13.6. The van der Waals surface area contributed by atoms with Crippen molar-refractivity contribution in [1.29, 1.82) is 0 Å². The summed E-state index contributed by atoms with van der Waals surface area (Å²) in [5.74, 6) is -0.0540. The summed E-state index contributed by atoms with van der Waals surface area (Å²) in [7, 11) is -2.11. The number of amides is 1. The quantitative estimate of drug-likeness (QED) is 0.475. The van der Waals surface area contributed by atoms with Gasteiger partial charge in [-0.1, -0.05) is 25.0 Å². The van der Waals surface area contributed by atoms with Crippen molar-refractivity contribution in [2.45, 2.75) is 35.3 Å². The number of nitrogens with one attached hydrogen (secondary N) is 1. The molecular weight excluding hydrogens is 438 g/mol. The highest BCUT2D eigenvalue weighted by Crippen LogP contribution is 2.28. The summed E-state index contributed by atoms with van der Waals surface area (Å²) in [5, 5.41) is 10.7. The molecule has 31 heavy (non-hydrogen) atoms. The summed E-state index contributed by atoms with van der Waals surface area (Å²) in [5.41, 5.74) is 0.737. The van der Waals surface area contributed by atoms with Crippen LogP contribution in [0.4, 0.5) is 6.01 Å². The van der Waals surface area contributed by atoms with Gasteiger partial charge in [0.1, 0.15) is 5.75 Å². The number of methoxy groups -OCH3 is 1. The number of ether oxygens (including phenoxy) is 1. The van der Waals surface area contributed by atoms with Crippen molar-refractivity contribution in [1.82, 2.24) is 10.2 Å². The van der Waals surface area contributed by atoms with E-state index in [0.29, 0.717) is 11.0 Å². The third kappa shape index (κ3) is 6.31. The van der Waals surface area contributed by atoms with E-state index in [-0.39, 0.29) is 29.0 Å². The Morgan fingerprint density at radius 3 is 2.58 bits per heavy atom. The standard InChI is InChI=1S/C21H23N3O5S2/c1-14(2)30-17-6-4-5-15(13-17)20-23-24-21(29-20)22-19(25)11-12-31(26,27)18-9-7-16(28-3)8-10-18/h4-10,13-14H,11-12H2,1-3H3,(H,22,24,25). The van der Waals surface area contributed by atoms with Gasteiger partial charge in [0.05, 0.1) is 17.8 Å². The van der Waals surface area contributed by atoms with Crippen LogP contribution in [0.2, 0.25) is 0 Å². The first-order chi connectivity index (χ1) is 14.8. The molecule has 10 heteroatoms. The Morgan fingerprint density at radius 2 is 1.90 bits per heavy atom. The van der Waals surface area contributed by atoms with Gasteiger partial charge in [-0.05, 0) is 42.5 Å². The van der Waals surface area contributed by atoms with Crippen LogP contribution in [0.5, 0.6) is 5.75 Å². The number of sulfone groups is 1. The Morgan fingerprint density at radius 1 is 1.16 bits per heavy atom. The number of anilines is 1. The molecule has 0 aliphatic heterocycles. The van der Waals surface area contributed by atoms with Crippen LogP contribution in [0.15, 0.2) is 62.7 Å². The maximum atomic E-state index is 12.4. The van der Waals surface area contributed by atoms with Crippen molar-refractivity contribution in [2.24, 2.45) is 0 Å². The molecule has 0 bridgehead atoms. The number of hydrogen-bond acceptors (Lipinski definition) is 8. The molecule has 8 nitrogen and oxygen atoms in total. The minimum Gasteiger partial charge on any atom is -0.497 e. The van der Waals surface area contributed by atoms with Gasteiger partial charge in [0.2, 0.25) is 11.8 Å². The van der Waals surface area contributed by atoms with Crippen molar-refractivity contribution in [3.63, 3.8) is 0 Å². The lowest BCUT2D eigenvalue weighted by atomic mass is 10.2. The molecule has 164 valence electrons. The van der Waals surface area contributed by atoms with Crippen LogP contribution in [0, 0.1) is 0 Å². The summed E-state index contributed by atoms with van der Waals surface area (Å²) in [6.45, 7) is 4.21. The van der Waals surface area contributed by atoms with Crippen molar-refractivity contribution in [3.8, 4) is 17.2 Å². The first kappa shape index (κ1) is 22.8. The molecule has 0 aliphatic rings. The van der Waals surface area contributed by atoms with Crippen molar-refractivity contribution in [2.75, 3.05) is 18.2 Å². The molecule has 0 atom stereocenters. The molecule has 0 aliphatic carbocycles. The van der Waals surface area contributed by atoms with E-state index < -0.39 is 15.7 Å². The van der Waals surface area contributed by atoms with Gasteiger partial charge in [0.25, 0.3) is 0 Å². The van der Waals surface area contributed by atoms with E-state index in [1.807, 2.05) is 24.3 Å². The normalized spacial score (nSPS) is 11.5. The average Bonchev–Trinajstić information content (AvgIpc) is 3.20. The molecule has 1 N–H and O–H groups in total. The largest absolute Gasteiger partial charge is 0.497 e. The third-order valence-electron chi connectivity index (χ3n) is 4.14. The van der Waals surface area contributed by atoms with Gasteiger partial charge in [-0.2, -0.15) is 0 Å². The minimum atomic E-state index is -3.61. The highest BCUT2D eigenvalue weighted by atomic mass is 32.2. The second-order valence-corrected chi connectivity index (χ2v) is 10.7. The average molecular weight is 462 g/mol. The Bertz CT molecular complexity index is 1140. The van der Waals surface area contributed by atoms with Crippen LogP contribution in [0.1, 0.15) is 20.3 Å². The summed E-state index contributed by atoms with van der Waals surface area (Å²) in [6.07, 6.45) is -0.243. The number of nitrogens with zero attached hydrogens (tertiary/aromatic N) is 2. The Labute approximate surface area is 185 Å². The van der Waals surface area contributed by atoms with Crippen molar-refractivity contribution < 1.29 is 22.4 Å². The van der Waals surface area contributed by atoms with Crippen LogP contribution >= 0.6 is 11.8 Å². The van der Waals surface area contributed by atoms with Crippen LogP contribution < -0.4 is 10.1 Å². The zero-order valence-electron chi connectivity index (χ0n) is 17.4. The molecule has 1 aromatic heterocycles. The number of rotatable bonds is 9. The molecule has 1 amide bonds. The van der Waals surface area contributed by atoms with Crippen LogP contribution in [-0.4, -0.2) is 42.6 Å². The highest BCUT2D eigenvalue weighted by molar-refractivity contribution is 7.99. The van der Waals surface area contributed by atoms with E-state index in [9.17, 15) is 13.2 Å². The molecule has 0 radical (unpaired) electrons. The molecule has 0 saturated heterocycles. The number of carbonyl (C=O) groups is 1. The first-order valence-electron chi connectivity index (χ1n) is 9.54. The van der Waals surface area contributed by atoms with Crippen molar-refractivity contribution >= 4 is 33.5 Å². The number of benzene rings is 2. The van der Waals surface area contributed by atoms with E-state index in [1.54, 1.807) is 23.9 Å². The maximum Gasteiger partial charge on any atom is 0.322 e. The van der Waals surface area contributed by atoms with Gasteiger partial charge < -0.3 is 9.15 Å². The van der Waals surface area contributed by atoms with Crippen LogP contribution in [0.3, 0.4) is 0 Å². The lowest BCUT2D eigenvalue weighted by Crippen LogP contribution is -2.17. The Hall–Kier alpha value is -2.85. The zero-order chi connectivity index (χ0) is 22.4. The van der Waals surface area contributed by atoms with Crippen LogP contribution in [-0.2, 0) is 14.6 Å². The highest BCUT2D eigenvalue weighted by Gasteiger charge is 2.18. The SMILES string of the molecule is COc1ccc(S(=O)(=O)CCC(=O)Nc2nnc(-c3cccc(SC(C)C)c3)o2)cc1. The predicted molar refractivity (Wildman–Crippen MR) is 119 cm³/mol. The molecule has 3 rings (SSSR count). The van der Waals surface area contributed by atoms with E-state index in [0.717, 1.165) is 10.5 Å². The summed E-state index contributed by atoms with van der Waals surface area (Å²) < 4.78 is 35.4. The molecule has 0 spiro atoms. The molecule has 0 saturated carbocycles. The number of hydrogen-bond donors (Lipinski definition) is 1. The van der Waals surface area contributed by atoms with Crippen molar-refractivity contribution in [3.05, 3.63) is 48.5 Å². The third-order valence-corrected chi connectivity index (χ3v) is 6.87. The lowest BCUT2D eigenvalue weighted by molar-refractivity contribution is -0.115. The Kier molecular flexibility index (Phi) is 7.34. The first-order valence-corrected chi connectivity index (χ1v) is 12.1. The van der Waals surface area contributed by atoms with Crippen LogP contribution in [0.25, 0.3) is 11.5 Å². The lowest BCUT2D eigenvalue weighted by Gasteiger charge is -2.06. The van der Waals surface area contributed by atoms with Gasteiger partial charge in [-0.15, -0.1) is 16.9 Å². The molecule has 0 fully saturated rings. The fourth-order valence-electron chi connectivity index (χ4n) is 2.67. The van der Waals surface area contributed by atoms with Gasteiger partial charge in [0, 0.05) is 22.1 Å². The van der Waals surface area contributed by atoms with Gasteiger partial charge in [0.15, 0.2) is 9.84 Å². The van der Waals surface area contributed by atoms with E-state index in [4.69, 9.17) is 9.15 Å². The fraction of sp³-hybridized carbons (Fsp3) is 0.286. The number of thioether (sulfide) groups is 1. The summed E-state index contributed by atoms with van der Waals surface area (Å²) in [4.78, 5) is 13.4. The van der Waals surface area contributed by atoms with E-state index in [1.165, 1.54) is 19.2 Å². The second-order valence-electron chi connectivity index (χ2n) is 6.90. The molecule has 0 unspecified atom stereocenters. The zero-order valence-corrected chi connectivity index (χ0v) is 19.0. The molecule has 2 aromatic carbocycles. The smallest absolute Gasteiger partial charge is 0.322 e. The van der Waals surface area contributed by atoms with Gasteiger partial charge in [-0.3, -0.25) is 10.1 Å². The Balaban J connectivity index is 1.59. The predicted octanol–water partition coefficient (Wildman–Crippen LogP) is 4.05. The maximum absolute atomic E-state index is 12.4. The minimum absolute atomic E-state index is 0.0799. The second kappa shape index (κ2) is 9.97. The topological polar surface area (TPSA) is 111 Å². The van der Waals surface area contributed by atoms with Gasteiger partial charge >= 0.3 is 6.01 Å². The fourth-order valence-corrected chi connectivity index (χ4v) is 4.81. The number of aromatic nitrogens is 2. The van der Waals surface area contributed by atoms with Gasteiger partial charge in [-0.25, -0.2) is 8.42 Å². The molecule has 3 aromatic rings. The number of carbonyl (C=O) groups excluding carboxylic acids is 1. The molecular formula is C21H23N3O5S2. The van der Waals surface area contributed by atoms with E-state index in [2.05, 4.69) is 29.4 Å². The van der Waals surface area contributed by atoms with E-state index >= 15 is 0 Å². The summed E-state index contributed by atoms with van der Waals surface area (Å²) >= 11 is 1.71. The monoisotopic (exact) mass is 461 g/mol. The molecule has 1 heterocycles.